The van der Waals surface area contributed by atoms with E-state index in [0.717, 1.165) is 34.9 Å². The lowest BCUT2D eigenvalue weighted by Crippen LogP contribution is -2.36. The van der Waals surface area contributed by atoms with Crippen LogP contribution in [0.3, 0.4) is 0 Å². The average molecular weight is 264 g/mol. The number of hydrogen-bond acceptors (Lipinski definition) is 5. The van der Waals surface area contributed by atoms with Crippen LogP contribution >= 0.6 is 34.9 Å². The van der Waals surface area contributed by atoms with Gasteiger partial charge in [0.1, 0.15) is 10.0 Å². The lowest BCUT2D eigenvalue weighted by molar-refractivity contribution is 0.223. The molecule has 1 aromatic heterocycles. The number of halogens is 1. The minimum atomic E-state index is 0.737. The number of thioether (sulfide) groups is 1. The summed E-state index contributed by atoms with van der Waals surface area (Å²) in [7, 11) is 0. The van der Waals surface area contributed by atoms with Gasteiger partial charge in [-0.3, -0.25) is 4.90 Å². The van der Waals surface area contributed by atoms with Gasteiger partial charge in [-0.1, -0.05) is 16.1 Å². The zero-order chi connectivity index (χ0) is 10.7. The highest BCUT2D eigenvalue weighted by atomic mass is 35.5. The number of likely N-dealkylation sites (tertiary alicyclic amines) is 1. The molecular weight excluding hydrogens is 250 g/mol. The van der Waals surface area contributed by atoms with Crippen molar-refractivity contribution in [2.45, 2.75) is 24.6 Å². The quantitative estimate of drug-likeness (QED) is 0.838. The molecule has 15 heavy (non-hydrogen) atoms. The van der Waals surface area contributed by atoms with Gasteiger partial charge in [-0.2, -0.15) is 11.8 Å². The van der Waals surface area contributed by atoms with Gasteiger partial charge in [-0.15, -0.1) is 5.10 Å². The molecule has 1 unspecified atom stereocenters. The van der Waals surface area contributed by atoms with E-state index in [0.29, 0.717) is 0 Å². The highest BCUT2D eigenvalue weighted by Gasteiger charge is 2.20. The fourth-order valence-corrected chi connectivity index (χ4v) is 3.23. The van der Waals surface area contributed by atoms with Crippen LogP contribution in [0.2, 0.25) is 4.34 Å². The first-order valence-electron chi connectivity index (χ1n) is 5.01. The van der Waals surface area contributed by atoms with Crippen LogP contribution in [0.1, 0.15) is 18.5 Å². The van der Waals surface area contributed by atoms with E-state index < -0.39 is 0 Å². The second-order valence-electron chi connectivity index (χ2n) is 3.73. The maximum Gasteiger partial charge on any atom is 0.138 e. The van der Waals surface area contributed by atoms with Crippen molar-refractivity contribution in [3.8, 4) is 0 Å². The second kappa shape index (κ2) is 5.48. The first-order chi connectivity index (χ1) is 7.29. The number of nitrogens with zero attached hydrogens (tertiary/aromatic N) is 3. The monoisotopic (exact) mass is 263 g/mol. The molecule has 0 bridgehead atoms. The van der Waals surface area contributed by atoms with Crippen molar-refractivity contribution in [3.63, 3.8) is 0 Å². The molecule has 0 spiro atoms. The molecular formula is C9H14ClN3S2. The Morgan fingerprint density at radius 2 is 2.53 bits per heavy atom. The Hall–Kier alpha value is 0.160. The fraction of sp³-hybridized carbons (Fsp3) is 0.778. The summed E-state index contributed by atoms with van der Waals surface area (Å²) in [6, 6.07) is 0. The normalized spacial score (nSPS) is 23.2. The molecule has 1 saturated heterocycles. The Morgan fingerprint density at radius 1 is 1.67 bits per heavy atom. The van der Waals surface area contributed by atoms with Gasteiger partial charge in [0.15, 0.2) is 0 Å². The first kappa shape index (κ1) is 11.6. The van der Waals surface area contributed by atoms with Crippen molar-refractivity contribution in [1.82, 2.24) is 14.5 Å². The van der Waals surface area contributed by atoms with Crippen LogP contribution in [0.25, 0.3) is 0 Å². The van der Waals surface area contributed by atoms with Gasteiger partial charge >= 0.3 is 0 Å². The molecule has 0 radical (unpaired) electrons. The average Bonchev–Trinajstić information content (AvgIpc) is 2.65. The maximum absolute atomic E-state index is 5.99. The minimum absolute atomic E-state index is 0.737. The Bertz CT molecular complexity index is 318. The number of aromatic nitrogens is 2. The molecule has 1 fully saturated rings. The molecule has 0 N–H and O–H groups in total. The highest BCUT2D eigenvalue weighted by molar-refractivity contribution is 7.99. The van der Waals surface area contributed by atoms with E-state index in [2.05, 4.69) is 20.7 Å². The molecule has 1 aliphatic rings. The van der Waals surface area contributed by atoms with Crippen LogP contribution < -0.4 is 0 Å². The van der Waals surface area contributed by atoms with Crippen LogP contribution in [0.15, 0.2) is 0 Å². The van der Waals surface area contributed by atoms with Gasteiger partial charge in [-0.25, -0.2) is 0 Å². The molecule has 0 aromatic carbocycles. The number of rotatable bonds is 3. The van der Waals surface area contributed by atoms with Crippen molar-refractivity contribution in [2.75, 3.05) is 19.3 Å². The summed E-state index contributed by atoms with van der Waals surface area (Å²) < 4.78 is 4.59. The molecule has 1 atom stereocenters. The van der Waals surface area contributed by atoms with E-state index in [1.165, 1.54) is 24.4 Å². The van der Waals surface area contributed by atoms with Gasteiger partial charge in [0, 0.05) is 29.9 Å². The van der Waals surface area contributed by atoms with Gasteiger partial charge in [0.05, 0.1) is 0 Å². The van der Waals surface area contributed by atoms with Crippen molar-refractivity contribution < 1.29 is 0 Å². The SMILES string of the molecule is CSC1CCCN(Cc2nnsc2Cl)C1. The smallest absolute Gasteiger partial charge is 0.138 e. The lowest BCUT2D eigenvalue weighted by atomic mass is 10.1. The fourth-order valence-electron chi connectivity index (χ4n) is 1.85. The van der Waals surface area contributed by atoms with E-state index in [1.54, 1.807) is 0 Å². The maximum atomic E-state index is 5.99. The predicted molar refractivity (Wildman–Crippen MR) is 66.7 cm³/mol. The van der Waals surface area contributed by atoms with Crippen molar-refractivity contribution in [3.05, 3.63) is 10.0 Å². The van der Waals surface area contributed by atoms with Crippen LogP contribution in [0, 0.1) is 0 Å². The summed E-state index contributed by atoms with van der Waals surface area (Å²) in [5, 5.41) is 4.82. The minimum Gasteiger partial charge on any atom is -0.296 e. The molecule has 3 nitrogen and oxygen atoms in total. The zero-order valence-corrected chi connectivity index (χ0v) is 11.0. The topological polar surface area (TPSA) is 29.0 Å². The Morgan fingerprint density at radius 3 is 3.20 bits per heavy atom. The molecule has 1 aromatic rings. The van der Waals surface area contributed by atoms with E-state index in [-0.39, 0.29) is 0 Å². The molecule has 2 heterocycles. The molecule has 1 aliphatic heterocycles. The summed E-state index contributed by atoms with van der Waals surface area (Å²) >= 11 is 9.22. The summed E-state index contributed by atoms with van der Waals surface area (Å²) in [5.74, 6) is 0. The summed E-state index contributed by atoms with van der Waals surface area (Å²) in [5.41, 5.74) is 0.934. The third-order valence-electron chi connectivity index (χ3n) is 2.68. The van der Waals surface area contributed by atoms with Crippen molar-refractivity contribution in [2.24, 2.45) is 0 Å². The van der Waals surface area contributed by atoms with E-state index in [9.17, 15) is 0 Å². The third kappa shape index (κ3) is 3.06. The largest absolute Gasteiger partial charge is 0.296 e. The summed E-state index contributed by atoms with van der Waals surface area (Å²) in [4.78, 5) is 2.42. The first-order valence-corrected chi connectivity index (χ1v) is 7.45. The zero-order valence-electron chi connectivity index (χ0n) is 8.65. The lowest BCUT2D eigenvalue weighted by Gasteiger charge is -2.31. The van der Waals surface area contributed by atoms with Gasteiger partial charge in [-0.05, 0) is 25.6 Å². The number of hydrogen-bond donors (Lipinski definition) is 0. The van der Waals surface area contributed by atoms with E-state index >= 15 is 0 Å². The molecule has 0 amide bonds. The molecule has 0 aliphatic carbocycles. The Balaban J connectivity index is 1.92. The van der Waals surface area contributed by atoms with Crippen LogP contribution in [-0.2, 0) is 6.54 Å². The Kier molecular flexibility index (Phi) is 4.25. The highest BCUT2D eigenvalue weighted by Crippen LogP contribution is 2.24. The van der Waals surface area contributed by atoms with Gasteiger partial charge in [0.25, 0.3) is 0 Å². The molecule has 6 heteroatoms. The standard InChI is InChI=1S/C9H14ClN3S2/c1-14-7-3-2-4-13(5-7)6-8-9(10)15-12-11-8/h7H,2-6H2,1H3. The second-order valence-corrected chi connectivity index (χ2v) is 6.22. The van der Waals surface area contributed by atoms with Crippen LogP contribution in [0.4, 0.5) is 0 Å². The molecule has 2 rings (SSSR count). The van der Waals surface area contributed by atoms with Crippen molar-refractivity contribution in [1.29, 1.82) is 0 Å². The predicted octanol–water partition coefficient (Wildman–Crippen LogP) is 2.52. The summed E-state index contributed by atoms with van der Waals surface area (Å²) in [6.45, 7) is 3.16. The van der Waals surface area contributed by atoms with Gasteiger partial charge < -0.3 is 0 Å². The number of piperidine rings is 1. The summed E-state index contributed by atoms with van der Waals surface area (Å²) in [6.07, 6.45) is 4.80. The molecule has 0 saturated carbocycles. The van der Waals surface area contributed by atoms with Crippen LogP contribution in [-0.4, -0.2) is 39.1 Å². The van der Waals surface area contributed by atoms with E-state index in [4.69, 9.17) is 11.6 Å². The van der Waals surface area contributed by atoms with Crippen molar-refractivity contribution >= 4 is 34.9 Å². The third-order valence-corrected chi connectivity index (χ3v) is 4.71. The van der Waals surface area contributed by atoms with E-state index in [1.807, 2.05) is 11.8 Å². The molecule has 84 valence electrons. The Labute approximate surface area is 103 Å². The van der Waals surface area contributed by atoms with Gasteiger partial charge in [0.2, 0.25) is 0 Å². The van der Waals surface area contributed by atoms with Crippen LogP contribution in [0.5, 0.6) is 0 Å².